The molecule has 0 saturated heterocycles. The van der Waals surface area contributed by atoms with Crippen molar-refractivity contribution in [2.45, 2.75) is 65.8 Å². The predicted molar refractivity (Wildman–Crippen MR) is 76.5 cm³/mol. The summed E-state index contributed by atoms with van der Waals surface area (Å²) in [5, 5.41) is 12.9. The molecule has 18 heavy (non-hydrogen) atoms. The van der Waals surface area contributed by atoms with Crippen molar-refractivity contribution >= 4 is 0 Å². The largest absolute Gasteiger partial charge is 0.396 e. The lowest BCUT2D eigenvalue weighted by Gasteiger charge is -2.43. The highest BCUT2D eigenvalue weighted by atomic mass is 16.3. The SMILES string of the molecule is CC(CO)CCCNC1C(C)(C)[C@H]2CC[C@]1(C)C2. The molecular weight excluding hydrogens is 222 g/mol. The van der Waals surface area contributed by atoms with Crippen LogP contribution in [-0.2, 0) is 0 Å². The van der Waals surface area contributed by atoms with E-state index < -0.39 is 0 Å². The van der Waals surface area contributed by atoms with Crippen molar-refractivity contribution in [2.24, 2.45) is 22.7 Å². The summed E-state index contributed by atoms with van der Waals surface area (Å²) in [5.74, 6) is 1.38. The molecule has 2 N–H and O–H groups in total. The lowest BCUT2D eigenvalue weighted by Crippen LogP contribution is -2.50. The first kappa shape index (κ1) is 14.3. The smallest absolute Gasteiger partial charge is 0.0456 e. The van der Waals surface area contributed by atoms with Gasteiger partial charge in [0.1, 0.15) is 0 Å². The molecule has 0 aromatic carbocycles. The molecule has 2 heteroatoms. The maximum absolute atomic E-state index is 9.04. The van der Waals surface area contributed by atoms with Crippen LogP contribution in [0.25, 0.3) is 0 Å². The molecule has 2 saturated carbocycles. The zero-order valence-corrected chi connectivity index (χ0v) is 12.6. The maximum Gasteiger partial charge on any atom is 0.0456 e. The summed E-state index contributed by atoms with van der Waals surface area (Å²) in [7, 11) is 0. The number of rotatable bonds is 6. The average molecular weight is 253 g/mol. The van der Waals surface area contributed by atoms with Gasteiger partial charge in [-0.1, -0.05) is 27.7 Å². The van der Waals surface area contributed by atoms with Gasteiger partial charge in [0.2, 0.25) is 0 Å². The minimum Gasteiger partial charge on any atom is -0.396 e. The predicted octanol–water partition coefficient (Wildman–Crippen LogP) is 3.20. The van der Waals surface area contributed by atoms with Crippen LogP contribution in [0, 0.1) is 22.7 Å². The van der Waals surface area contributed by atoms with E-state index in [1.807, 2.05) is 0 Å². The first-order chi connectivity index (χ1) is 8.40. The first-order valence-electron chi connectivity index (χ1n) is 7.74. The Morgan fingerprint density at radius 1 is 1.33 bits per heavy atom. The summed E-state index contributed by atoms with van der Waals surface area (Å²) in [5.41, 5.74) is 1.01. The van der Waals surface area contributed by atoms with Crippen LogP contribution >= 0.6 is 0 Å². The fourth-order valence-electron chi connectivity index (χ4n) is 4.60. The zero-order valence-electron chi connectivity index (χ0n) is 12.6. The van der Waals surface area contributed by atoms with E-state index in [0.717, 1.165) is 18.9 Å². The van der Waals surface area contributed by atoms with Crippen LogP contribution in [0.4, 0.5) is 0 Å². The van der Waals surface area contributed by atoms with Crippen LogP contribution in [0.3, 0.4) is 0 Å². The van der Waals surface area contributed by atoms with Gasteiger partial charge in [-0.3, -0.25) is 0 Å². The van der Waals surface area contributed by atoms with Crippen molar-refractivity contribution in [3.63, 3.8) is 0 Å². The van der Waals surface area contributed by atoms with Gasteiger partial charge in [0.15, 0.2) is 0 Å². The van der Waals surface area contributed by atoms with E-state index in [9.17, 15) is 0 Å². The molecule has 2 bridgehead atoms. The van der Waals surface area contributed by atoms with E-state index in [4.69, 9.17) is 5.11 Å². The average Bonchev–Trinajstić information content (AvgIpc) is 2.78. The number of aliphatic hydroxyl groups is 1. The Morgan fingerprint density at radius 2 is 2.06 bits per heavy atom. The zero-order chi connectivity index (χ0) is 13.4. The molecule has 0 amide bonds. The second-order valence-electron chi connectivity index (χ2n) is 7.73. The fourth-order valence-corrected chi connectivity index (χ4v) is 4.60. The molecule has 2 aliphatic rings. The molecule has 4 atom stereocenters. The molecule has 2 unspecified atom stereocenters. The molecule has 2 nitrogen and oxygen atoms in total. The van der Waals surface area contributed by atoms with Crippen molar-refractivity contribution in [2.75, 3.05) is 13.2 Å². The highest BCUT2D eigenvalue weighted by Gasteiger charge is 2.58. The van der Waals surface area contributed by atoms with Crippen LogP contribution in [0.2, 0.25) is 0 Å². The molecular formula is C16H31NO. The Morgan fingerprint density at radius 3 is 2.61 bits per heavy atom. The second-order valence-corrected chi connectivity index (χ2v) is 7.73. The number of aliphatic hydroxyl groups excluding tert-OH is 1. The molecule has 0 aromatic heterocycles. The third-order valence-corrected chi connectivity index (χ3v) is 5.80. The number of fused-ring (bicyclic) bond motifs is 2. The van der Waals surface area contributed by atoms with Crippen molar-refractivity contribution in [3.05, 3.63) is 0 Å². The summed E-state index contributed by atoms with van der Waals surface area (Å²) in [6.45, 7) is 11.0. The van der Waals surface area contributed by atoms with Gasteiger partial charge in [0.05, 0.1) is 0 Å². The van der Waals surface area contributed by atoms with Crippen molar-refractivity contribution < 1.29 is 5.11 Å². The van der Waals surface area contributed by atoms with E-state index in [1.54, 1.807) is 0 Å². The molecule has 0 heterocycles. The topological polar surface area (TPSA) is 32.3 Å². The van der Waals surface area contributed by atoms with E-state index >= 15 is 0 Å². The van der Waals surface area contributed by atoms with Gasteiger partial charge < -0.3 is 10.4 Å². The standard InChI is InChI=1S/C16H31NO/c1-12(11-18)6-5-9-17-14-15(2,3)13-7-8-16(14,4)10-13/h12-14,17-18H,5-11H2,1-4H3/t12?,13-,14?,16+/m0/s1. The first-order valence-corrected chi connectivity index (χ1v) is 7.74. The molecule has 2 aliphatic carbocycles. The normalized spacial score (nSPS) is 39.2. The minimum absolute atomic E-state index is 0.328. The minimum atomic E-state index is 0.328. The van der Waals surface area contributed by atoms with Gasteiger partial charge in [-0.2, -0.15) is 0 Å². The lowest BCUT2D eigenvalue weighted by molar-refractivity contribution is 0.108. The summed E-state index contributed by atoms with van der Waals surface area (Å²) in [6.07, 6.45) is 6.59. The Hall–Kier alpha value is -0.0800. The van der Waals surface area contributed by atoms with Crippen molar-refractivity contribution in [1.29, 1.82) is 0 Å². The fraction of sp³-hybridized carbons (Fsp3) is 1.00. The van der Waals surface area contributed by atoms with Gasteiger partial charge >= 0.3 is 0 Å². The molecule has 2 rings (SSSR count). The van der Waals surface area contributed by atoms with Crippen LogP contribution in [0.15, 0.2) is 0 Å². The second kappa shape index (κ2) is 5.13. The van der Waals surface area contributed by atoms with Gasteiger partial charge in [-0.15, -0.1) is 0 Å². The summed E-state index contributed by atoms with van der Waals surface area (Å²) < 4.78 is 0. The van der Waals surface area contributed by atoms with Gasteiger partial charge in [-0.25, -0.2) is 0 Å². The van der Waals surface area contributed by atoms with E-state index in [-0.39, 0.29) is 0 Å². The third-order valence-electron chi connectivity index (χ3n) is 5.80. The Kier molecular flexibility index (Phi) is 4.08. The quantitative estimate of drug-likeness (QED) is 0.713. The number of hydrogen-bond donors (Lipinski definition) is 2. The highest BCUT2D eigenvalue weighted by molar-refractivity contribution is 5.11. The molecule has 0 spiro atoms. The maximum atomic E-state index is 9.04. The van der Waals surface area contributed by atoms with E-state index in [1.165, 1.54) is 25.7 Å². The molecule has 0 radical (unpaired) electrons. The van der Waals surface area contributed by atoms with Crippen LogP contribution < -0.4 is 5.32 Å². The highest BCUT2D eigenvalue weighted by Crippen LogP contribution is 2.62. The molecule has 0 aliphatic heterocycles. The third kappa shape index (κ3) is 2.46. The van der Waals surface area contributed by atoms with Crippen LogP contribution in [0.1, 0.15) is 59.8 Å². The van der Waals surface area contributed by atoms with E-state index in [2.05, 4.69) is 33.0 Å². The number of nitrogens with one attached hydrogen (secondary N) is 1. The molecule has 2 fully saturated rings. The lowest BCUT2D eigenvalue weighted by atomic mass is 9.68. The van der Waals surface area contributed by atoms with Gasteiger partial charge in [0.25, 0.3) is 0 Å². The summed E-state index contributed by atoms with van der Waals surface area (Å²) >= 11 is 0. The van der Waals surface area contributed by atoms with Crippen LogP contribution in [-0.4, -0.2) is 24.3 Å². The van der Waals surface area contributed by atoms with Gasteiger partial charge in [-0.05, 0) is 61.3 Å². The summed E-state index contributed by atoms with van der Waals surface area (Å²) in [4.78, 5) is 0. The Balaban J connectivity index is 1.82. The Bertz CT molecular complexity index is 284. The molecule has 0 aromatic rings. The van der Waals surface area contributed by atoms with Crippen molar-refractivity contribution in [3.8, 4) is 0 Å². The molecule has 106 valence electrons. The van der Waals surface area contributed by atoms with Crippen LogP contribution in [0.5, 0.6) is 0 Å². The Labute approximate surface area is 113 Å². The van der Waals surface area contributed by atoms with Gasteiger partial charge in [0, 0.05) is 12.6 Å². The van der Waals surface area contributed by atoms with Crippen molar-refractivity contribution in [1.82, 2.24) is 5.32 Å². The summed E-state index contributed by atoms with van der Waals surface area (Å²) in [6, 6.07) is 0.688. The monoisotopic (exact) mass is 253 g/mol. The van der Waals surface area contributed by atoms with E-state index in [0.29, 0.717) is 29.4 Å². The number of hydrogen-bond acceptors (Lipinski definition) is 2.